The smallest absolute Gasteiger partial charge is 0.338 e. The van der Waals surface area contributed by atoms with Gasteiger partial charge in [-0.15, -0.1) is 0 Å². The Bertz CT molecular complexity index is 551. The van der Waals surface area contributed by atoms with Gasteiger partial charge in [0.2, 0.25) is 0 Å². The number of carbonyl (C=O) groups excluding carboxylic acids is 1. The summed E-state index contributed by atoms with van der Waals surface area (Å²) in [7, 11) is 0. The average molecular weight is 315 g/mol. The van der Waals surface area contributed by atoms with Gasteiger partial charge in [0, 0.05) is 0 Å². The number of esters is 1. The molecule has 1 saturated carbocycles. The van der Waals surface area contributed by atoms with E-state index in [9.17, 15) is 10.1 Å². The van der Waals surface area contributed by atoms with Crippen molar-refractivity contribution in [3.05, 3.63) is 29.8 Å². The molecule has 0 atom stereocenters. The summed E-state index contributed by atoms with van der Waals surface area (Å²) in [6.07, 6.45) is 5.06. The van der Waals surface area contributed by atoms with Gasteiger partial charge in [0.15, 0.2) is 0 Å². The Morgan fingerprint density at radius 1 is 1.26 bits per heavy atom. The highest BCUT2D eigenvalue weighted by molar-refractivity contribution is 5.89. The third kappa shape index (κ3) is 4.48. The Hall–Kier alpha value is -2.02. The number of rotatable bonds is 6. The van der Waals surface area contributed by atoms with Crippen LogP contribution < -0.4 is 4.74 Å². The second-order valence-electron chi connectivity index (χ2n) is 6.20. The van der Waals surface area contributed by atoms with Crippen LogP contribution in [0.15, 0.2) is 24.3 Å². The van der Waals surface area contributed by atoms with Gasteiger partial charge >= 0.3 is 5.97 Å². The maximum Gasteiger partial charge on any atom is 0.338 e. The fourth-order valence-corrected chi connectivity index (χ4v) is 3.23. The summed E-state index contributed by atoms with van der Waals surface area (Å²) in [6.45, 7) is 4.63. The average Bonchev–Trinajstić information content (AvgIpc) is 2.58. The van der Waals surface area contributed by atoms with E-state index >= 15 is 0 Å². The summed E-state index contributed by atoms with van der Waals surface area (Å²) in [5, 5.41) is 9.42. The van der Waals surface area contributed by atoms with Gasteiger partial charge in [-0.05, 0) is 63.3 Å². The van der Waals surface area contributed by atoms with Crippen LogP contribution >= 0.6 is 0 Å². The zero-order valence-electron chi connectivity index (χ0n) is 14.0. The molecule has 0 aromatic heterocycles. The highest BCUT2D eigenvalue weighted by atomic mass is 16.5. The predicted molar refractivity (Wildman–Crippen MR) is 88.2 cm³/mol. The summed E-state index contributed by atoms with van der Waals surface area (Å²) in [6, 6.07) is 9.51. The highest BCUT2D eigenvalue weighted by Crippen LogP contribution is 2.40. The van der Waals surface area contributed by atoms with Gasteiger partial charge in [0.25, 0.3) is 0 Å². The van der Waals surface area contributed by atoms with Crippen molar-refractivity contribution in [1.29, 1.82) is 5.26 Å². The Balaban J connectivity index is 1.88. The third-order valence-electron chi connectivity index (χ3n) is 4.53. The number of ether oxygens (including phenoxy) is 2. The van der Waals surface area contributed by atoms with Crippen LogP contribution in [-0.2, 0) is 4.74 Å². The van der Waals surface area contributed by atoms with E-state index < -0.39 is 0 Å². The lowest BCUT2D eigenvalue weighted by molar-refractivity contribution is 0.0106. The van der Waals surface area contributed by atoms with Crippen molar-refractivity contribution in [2.45, 2.75) is 58.5 Å². The quantitative estimate of drug-likeness (QED) is 0.725. The van der Waals surface area contributed by atoms with Crippen LogP contribution in [-0.4, -0.2) is 18.7 Å². The van der Waals surface area contributed by atoms with Gasteiger partial charge in [0.05, 0.1) is 23.7 Å². The van der Waals surface area contributed by atoms with E-state index in [1.807, 2.05) is 6.92 Å². The molecular weight excluding hydrogens is 290 g/mol. The zero-order valence-corrected chi connectivity index (χ0v) is 14.0. The van der Waals surface area contributed by atoms with Crippen LogP contribution in [0.25, 0.3) is 0 Å². The molecule has 0 heterocycles. The molecule has 1 aromatic carbocycles. The summed E-state index contributed by atoms with van der Waals surface area (Å²) in [4.78, 5) is 12.2. The van der Waals surface area contributed by atoms with E-state index in [1.54, 1.807) is 24.3 Å². The first kappa shape index (κ1) is 17.3. The van der Waals surface area contributed by atoms with Crippen LogP contribution in [0.3, 0.4) is 0 Å². The molecule has 124 valence electrons. The van der Waals surface area contributed by atoms with E-state index in [-0.39, 0.29) is 17.5 Å². The third-order valence-corrected chi connectivity index (χ3v) is 4.53. The predicted octanol–water partition coefficient (Wildman–Crippen LogP) is 4.49. The number of carbonyl (C=O) groups is 1. The van der Waals surface area contributed by atoms with Crippen LogP contribution in [0.4, 0.5) is 0 Å². The van der Waals surface area contributed by atoms with Gasteiger partial charge in [-0.2, -0.15) is 5.26 Å². The van der Waals surface area contributed by atoms with Crippen molar-refractivity contribution >= 4 is 5.97 Å². The molecule has 1 aliphatic carbocycles. The van der Waals surface area contributed by atoms with Gasteiger partial charge in [-0.25, -0.2) is 4.79 Å². The molecular formula is C19H25NO3. The van der Waals surface area contributed by atoms with Crippen molar-refractivity contribution < 1.29 is 14.3 Å². The SMILES string of the molecule is CCC[C@]1(C#N)CC[C@@H](OC(=O)c2ccc(OCC)cc2)CC1. The Morgan fingerprint density at radius 2 is 1.91 bits per heavy atom. The van der Waals surface area contributed by atoms with Crippen LogP contribution in [0.2, 0.25) is 0 Å². The molecule has 4 heteroatoms. The number of benzene rings is 1. The normalized spacial score (nSPS) is 23.8. The molecule has 0 bridgehead atoms. The molecule has 23 heavy (non-hydrogen) atoms. The van der Waals surface area contributed by atoms with Crippen molar-refractivity contribution in [3.63, 3.8) is 0 Å². The molecule has 4 nitrogen and oxygen atoms in total. The van der Waals surface area contributed by atoms with E-state index in [0.29, 0.717) is 12.2 Å². The maximum atomic E-state index is 12.2. The minimum Gasteiger partial charge on any atom is -0.494 e. The first-order chi connectivity index (χ1) is 11.1. The Morgan fingerprint density at radius 3 is 2.43 bits per heavy atom. The molecule has 1 aromatic rings. The molecule has 1 aliphatic rings. The minimum atomic E-state index is -0.294. The van der Waals surface area contributed by atoms with Crippen LogP contribution in [0.5, 0.6) is 5.75 Å². The van der Waals surface area contributed by atoms with Crippen molar-refractivity contribution in [1.82, 2.24) is 0 Å². The fourth-order valence-electron chi connectivity index (χ4n) is 3.23. The van der Waals surface area contributed by atoms with E-state index in [0.717, 1.165) is 44.3 Å². The molecule has 1 fully saturated rings. The molecule has 2 rings (SSSR count). The molecule has 0 radical (unpaired) electrons. The zero-order chi connectivity index (χ0) is 16.7. The lowest BCUT2D eigenvalue weighted by Crippen LogP contribution is -2.31. The van der Waals surface area contributed by atoms with E-state index in [2.05, 4.69) is 13.0 Å². The first-order valence-electron chi connectivity index (χ1n) is 8.47. The number of nitrogens with zero attached hydrogens (tertiary/aromatic N) is 1. The van der Waals surface area contributed by atoms with Gasteiger partial charge in [-0.1, -0.05) is 13.3 Å². The second kappa shape index (κ2) is 8.01. The topological polar surface area (TPSA) is 59.3 Å². The number of hydrogen-bond acceptors (Lipinski definition) is 4. The number of nitriles is 1. The van der Waals surface area contributed by atoms with E-state index in [1.165, 1.54) is 0 Å². The Labute approximate surface area is 138 Å². The highest BCUT2D eigenvalue weighted by Gasteiger charge is 2.36. The molecule has 0 aliphatic heterocycles. The standard InChI is InChI=1S/C19H25NO3/c1-3-11-19(14-20)12-9-17(10-13-19)23-18(21)15-5-7-16(8-6-15)22-4-2/h5-8,17H,3-4,9-13H2,1-2H3/t17-,19+. The molecule has 0 spiro atoms. The van der Waals surface area contributed by atoms with Gasteiger partial charge < -0.3 is 9.47 Å². The molecule has 0 N–H and O–H groups in total. The Kier molecular flexibility index (Phi) is 6.04. The lowest BCUT2D eigenvalue weighted by atomic mass is 9.71. The van der Waals surface area contributed by atoms with E-state index in [4.69, 9.17) is 9.47 Å². The fraction of sp³-hybridized carbons (Fsp3) is 0.579. The lowest BCUT2D eigenvalue weighted by Gasteiger charge is -2.34. The summed E-state index contributed by atoms with van der Waals surface area (Å²) in [5.74, 6) is 0.457. The van der Waals surface area contributed by atoms with Gasteiger partial charge in [-0.3, -0.25) is 0 Å². The summed E-state index contributed by atoms with van der Waals surface area (Å²) >= 11 is 0. The molecule has 0 amide bonds. The number of hydrogen-bond donors (Lipinski definition) is 0. The second-order valence-corrected chi connectivity index (χ2v) is 6.20. The molecule has 0 unspecified atom stereocenters. The first-order valence-corrected chi connectivity index (χ1v) is 8.47. The monoisotopic (exact) mass is 315 g/mol. The maximum absolute atomic E-state index is 12.2. The summed E-state index contributed by atoms with van der Waals surface area (Å²) < 4.78 is 11.0. The van der Waals surface area contributed by atoms with Crippen molar-refractivity contribution in [2.24, 2.45) is 5.41 Å². The molecule has 0 saturated heterocycles. The summed E-state index contributed by atoms with van der Waals surface area (Å²) in [5.41, 5.74) is 0.329. The van der Waals surface area contributed by atoms with Crippen molar-refractivity contribution in [2.75, 3.05) is 6.61 Å². The van der Waals surface area contributed by atoms with Crippen LogP contribution in [0.1, 0.15) is 62.7 Å². The van der Waals surface area contributed by atoms with Crippen LogP contribution in [0, 0.1) is 16.7 Å². The van der Waals surface area contributed by atoms with Crippen molar-refractivity contribution in [3.8, 4) is 11.8 Å². The van der Waals surface area contributed by atoms with Gasteiger partial charge in [0.1, 0.15) is 11.9 Å². The minimum absolute atomic E-state index is 0.0765. The largest absolute Gasteiger partial charge is 0.494 e.